The lowest BCUT2D eigenvalue weighted by atomic mass is 10.3. The van der Waals surface area contributed by atoms with Gasteiger partial charge in [0.05, 0.1) is 10.6 Å². The van der Waals surface area contributed by atoms with Crippen LogP contribution in [0.1, 0.15) is 0 Å². The molecular formula is C12H11N4O6S-. The molecule has 0 saturated carbocycles. The van der Waals surface area contributed by atoms with Crippen molar-refractivity contribution in [2.45, 2.75) is 4.90 Å². The van der Waals surface area contributed by atoms with Gasteiger partial charge in [-0.2, -0.15) is 5.11 Å². The monoisotopic (exact) mass is 339 g/mol. The fourth-order valence-electron chi connectivity index (χ4n) is 1.69. The van der Waals surface area contributed by atoms with Crippen LogP contribution in [-0.2, 0) is 24.2 Å². The van der Waals surface area contributed by atoms with E-state index in [1.165, 1.54) is 26.2 Å². The van der Waals surface area contributed by atoms with Crippen molar-refractivity contribution in [2.24, 2.45) is 24.3 Å². The van der Waals surface area contributed by atoms with E-state index >= 15 is 0 Å². The molecule has 1 heterocycles. The molecule has 11 heteroatoms. The topological polar surface area (TPSA) is 146 Å². The number of hydrogen-bond acceptors (Lipinski definition) is 8. The standard InChI is InChI=1S/C12H12N4O6S/c1-15-10(17)9(11(18)16(2)12(15)19)14-13-7-3-5-8(6-4-7)23(20,21)22/h3-6,17H,1-2H3,(H,20,21,22)/p-1. The molecule has 0 bridgehead atoms. The molecule has 1 aromatic carbocycles. The predicted molar refractivity (Wildman–Crippen MR) is 77.2 cm³/mol. The van der Waals surface area contributed by atoms with Gasteiger partial charge in [-0.05, 0) is 24.3 Å². The minimum absolute atomic E-state index is 0.146. The Morgan fingerprint density at radius 1 is 1.04 bits per heavy atom. The van der Waals surface area contributed by atoms with Crippen molar-refractivity contribution in [2.75, 3.05) is 0 Å². The van der Waals surface area contributed by atoms with E-state index in [-0.39, 0.29) is 5.69 Å². The molecule has 0 atom stereocenters. The summed E-state index contributed by atoms with van der Waals surface area (Å²) in [6.45, 7) is 0. The number of nitrogens with zero attached hydrogens (tertiary/aromatic N) is 4. The van der Waals surface area contributed by atoms with Crippen LogP contribution in [0.3, 0.4) is 0 Å². The fourth-order valence-corrected chi connectivity index (χ4v) is 2.16. The second kappa shape index (κ2) is 5.78. The van der Waals surface area contributed by atoms with Gasteiger partial charge in [0.1, 0.15) is 10.1 Å². The Labute approximate surface area is 129 Å². The van der Waals surface area contributed by atoms with Crippen molar-refractivity contribution in [3.05, 3.63) is 45.1 Å². The van der Waals surface area contributed by atoms with Gasteiger partial charge in [0.25, 0.3) is 5.56 Å². The minimum atomic E-state index is -4.57. The molecule has 10 nitrogen and oxygen atoms in total. The van der Waals surface area contributed by atoms with E-state index in [4.69, 9.17) is 0 Å². The number of benzene rings is 1. The summed E-state index contributed by atoms with van der Waals surface area (Å²) < 4.78 is 34.0. The van der Waals surface area contributed by atoms with Crippen molar-refractivity contribution in [1.29, 1.82) is 0 Å². The Kier molecular flexibility index (Phi) is 4.16. The zero-order valence-electron chi connectivity index (χ0n) is 12.0. The maximum atomic E-state index is 11.9. The summed E-state index contributed by atoms with van der Waals surface area (Å²) in [6.07, 6.45) is 0. The molecule has 1 N–H and O–H groups in total. The highest BCUT2D eigenvalue weighted by molar-refractivity contribution is 7.85. The van der Waals surface area contributed by atoms with Crippen LogP contribution in [0.5, 0.6) is 5.88 Å². The SMILES string of the molecule is Cn1c(O)c(N=Nc2ccc(S(=O)(=O)[O-])cc2)c(=O)n(C)c1=O. The number of rotatable bonds is 3. The second-order valence-corrected chi connectivity index (χ2v) is 5.91. The minimum Gasteiger partial charge on any atom is -0.744 e. The van der Waals surface area contributed by atoms with E-state index in [0.29, 0.717) is 0 Å². The predicted octanol–water partition coefficient (Wildman–Crippen LogP) is 0.109. The van der Waals surface area contributed by atoms with Crippen LogP contribution >= 0.6 is 0 Å². The van der Waals surface area contributed by atoms with Crippen LogP contribution in [0.4, 0.5) is 11.4 Å². The summed E-state index contributed by atoms with van der Waals surface area (Å²) in [5.41, 5.74) is -1.87. The zero-order valence-corrected chi connectivity index (χ0v) is 12.8. The quantitative estimate of drug-likeness (QED) is 0.620. The van der Waals surface area contributed by atoms with Gasteiger partial charge >= 0.3 is 5.69 Å². The van der Waals surface area contributed by atoms with Gasteiger partial charge in [0.15, 0.2) is 0 Å². The van der Waals surface area contributed by atoms with Crippen LogP contribution in [0.25, 0.3) is 0 Å². The third kappa shape index (κ3) is 3.19. The molecule has 0 fully saturated rings. The lowest BCUT2D eigenvalue weighted by molar-refractivity contribution is 0.413. The highest BCUT2D eigenvalue weighted by Crippen LogP contribution is 2.23. The third-order valence-electron chi connectivity index (χ3n) is 3.00. The molecule has 0 aliphatic heterocycles. The molecule has 23 heavy (non-hydrogen) atoms. The summed E-state index contributed by atoms with van der Waals surface area (Å²) in [5.74, 6) is -0.652. The Hall–Kier alpha value is -2.79. The van der Waals surface area contributed by atoms with Gasteiger partial charge in [-0.3, -0.25) is 13.9 Å². The molecule has 0 unspecified atom stereocenters. The number of azo groups is 1. The molecule has 0 saturated heterocycles. The zero-order chi connectivity index (χ0) is 17.4. The van der Waals surface area contributed by atoms with Crippen molar-refractivity contribution in [1.82, 2.24) is 9.13 Å². The van der Waals surface area contributed by atoms with E-state index in [9.17, 15) is 27.7 Å². The Balaban J connectivity index is 2.46. The van der Waals surface area contributed by atoms with Gasteiger partial charge in [-0.15, -0.1) is 5.11 Å². The smallest absolute Gasteiger partial charge is 0.333 e. The van der Waals surface area contributed by atoms with E-state index < -0.39 is 37.8 Å². The first-order chi connectivity index (χ1) is 10.6. The van der Waals surface area contributed by atoms with Crippen molar-refractivity contribution >= 4 is 21.5 Å². The van der Waals surface area contributed by atoms with Gasteiger partial charge in [-0.1, -0.05) is 0 Å². The Bertz CT molecular complexity index is 1000. The summed E-state index contributed by atoms with van der Waals surface area (Å²) in [6, 6.07) is 4.49. The van der Waals surface area contributed by atoms with Crippen LogP contribution in [-0.4, -0.2) is 27.2 Å². The number of aromatic nitrogens is 2. The molecular weight excluding hydrogens is 328 g/mol. The molecule has 0 radical (unpaired) electrons. The lowest BCUT2D eigenvalue weighted by Crippen LogP contribution is -2.36. The van der Waals surface area contributed by atoms with Gasteiger partial charge in [0.2, 0.25) is 11.6 Å². The molecule has 2 aromatic rings. The van der Waals surface area contributed by atoms with Gasteiger partial charge < -0.3 is 9.66 Å². The molecule has 1 aromatic heterocycles. The Morgan fingerprint density at radius 2 is 1.61 bits per heavy atom. The highest BCUT2D eigenvalue weighted by Gasteiger charge is 2.14. The summed E-state index contributed by atoms with van der Waals surface area (Å²) in [4.78, 5) is 23.0. The summed E-state index contributed by atoms with van der Waals surface area (Å²) >= 11 is 0. The van der Waals surface area contributed by atoms with E-state index in [2.05, 4.69) is 10.2 Å². The van der Waals surface area contributed by atoms with Crippen molar-refractivity contribution in [3.8, 4) is 5.88 Å². The molecule has 0 amide bonds. The fraction of sp³-hybridized carbons (Fsp3) is 0.167. The highest BCUT2D eigenvalue weighted by atomic mass is 32.2. The third-order valence-corrected chi connectivity index (χ3v) is 3.85. The van der Waals surface area contributed by atoms with E-state index in [1.54, 1.807) is 0 Å². The van der Waals surface area contributed by atoms with Crippen LogP contribution in [0.15, 0.2) is 49.0 Å². The maximum Gasteiger partial charge on any atom is 0.333 e. The maximum absolute atomic E-state index is 11.9. The molecule has 0 aliphatic rings. The van der Waals surface area contributed by atoms with Crippen LogP contribution < -0.4 is 11.2 Å². The van der Waals surface area contributed by atoms with E-state index in [1.807, 2.05) is 0 Å². The lowest BCUT2D eigenvalue weighted by Gasteiger charge is -2.07. The largest absolute Gasteiger partial charge is 0.744 e. The van der Waals surface area contributed by atoms with E-state index in [0.717, 1.165) is 21.3 Å². The van der Waals surface area contributed by atoms with Crippen molar-refractivity contribution in [3.63, 3.8) is 0 Å². The average Bonchev–Trinajstić information content (AvgIpc) is 2.50. The first-order valence-corrected chi connectivity index (χ1v) is 7.50. The first kappa shape index (κ1) is 16.6. The molecule has 2 rings (SSSR count). The summed E-state index contributed by atoms with van der Waals surface area (Å²) in [7, 11) is -2.10. The molecule has 122 valence electrons. The van der Waals surface area contributed by atoms with Crippen LogP contribution in [0, 0.1) is 0 Å². The first-order valence-electron chi connectivity index (χ1n) is 6.09. The second-order valence-electron chi connectivity index (χ2n) is 4.53. The number of aromatic hydroxyl groups is 1. The molecule has 0 aliphatic carbocycles. The van der Waals surface area contributed by atoms with Crippen LogP contribution in [0.2, 0.25) is 0 Å². The normalized spacial score (nSPS) is 12.0. The summed E-state index contributed by atoms with van der Waals surface area (Å²) in [5, 5.41) is 17.0. The molecule has 0 spiro atoms. The average molecular weight is 339 g/mol. The Morgan fingerprint density at radius 3 is 2.13 bits per heavy atom. The van der Waals surface area contributed by atoms with Gasteiger partial charge in [-0.25, -0.2) is 13.2 Å². The van der Waals surface area contributed by atoms with Gasteiger partial charge in [0, 0.05) is 14.1 Å². The number of hydrogen-bond donors (Lipinski definition) is 1. The van der Waals surface area contributed by atoms with Crippen molar-refractivity contribution < 1.29 is 18.1 Å².